The summed E-state index contributed by atoms with van der Waals surface area (Å²) in [6, 6.07) is 7.88. The van der Waals surface area contributed by atoms with Crippen LogP contribution in [0.3, 0.4) is 0 Å². The number of hydrogen-bond acceptors (Lipinski definition) is 2. The van der Waals surface area contributed by atoms with E-state index in [0.29, 0.717) is 0 Å². The number of rotatable bonds is 3. The molecule has 0 saturated carbocycles. The third-order valence-corrected chi connectivity index (χ3v) is 3.59. The summed E-state index contributed by atoms with van der Waals surface area (Å²) < 4.78 is 5.40. The Morgan fingerprint density at radius 3 is 2.71 bits per heavy atom. The van der Waals surface area contributed by atoms with Crippen LogP contribution >= 0.6 is 0 Å². The van der Waals surface area contributed by atoms with Gasteiger partial charge in [0.15, 0.2) is 0 Å². The van der Waals surface area contributed by atoms with Crippen molar-refractivity contribution in [1.29, 1.82) is 0 Å². The molecule has 1 aliphatic rings. The molecule has 0 heterocycles. The average Bonchev–Trinajstić information content (AvgIpc) is 2.40. The maximum Gasteiger partial charge on any atom is 0.123 e. The molecule has 1 aromatic rings. The number of para-hydroxylation sites is 1. The molecule has 2 atom stereocenters. The molecule has 1 N–H and O–H groups in total. The van der Waals surface area contributed by atoms with Crippen LogP contribution in [0.25, 0.3) is 0 Å². The average molecular weight is 230 g/mol. The second-order valence-electron chi connectivity index (χ2n) is 4.43. The zero-order valence-electron chi connectivity index (χ0n) is 10.3. The van der Waals surface area contributed by atoms with Crippen molar-refractivity contribution in [2.75, 3.05) is 13.7 Å². The van der Waals surface area contributed by atoms with Gasteiger partial charge in [0.2, 0.25) is 0 Å². The number of hydrogen-bond donors (Lipinski definition) is 1. The summed E-state index contributed by atoms with van der Waals surface area (Å²) in [5.41, 5.74) is 0.666. The molecule has 0 aliphatic heterocycles. The van der Waals surface area contributed by atoms with E-state index in [1.807, 2.05) is 36.4 Å². The minimum Gasteiger partial charge on any atom is -0.496 e. The fraction of sp³-hybridized carbons (Fsp3) is 0.333. The summed E-state index contributed by atoms with van der Waals surface area (Å²) >= 11 is 0. The molecule has 17 heavy (non-hydrogen) atoms. The van der Waals surface area contributed by atoms with E-state index >= 15 is 0 Å². The van der Waals surface area contributed by atoms with Gasteiger partial charge in [-0.1, -0.05) is 49.4 Å². The topological polar surface area (TPSA) is 29.5 Å². The number of benzene rings is 1. The third kappa shape index (κ3) is 1.89. The fourth-order valence-electron chi connectivity index (χ4n) is 2.43. The van der Waals surface area contributed by atoms with E-state index in [9.17, 15) is 5.11 Å². The SMILES string of the molecule is COc1ccccc1C1(CO)C=CC=CC1C. The van der Waals surface area contributed by atoms with Gasteiger partial charge in [0.05, 0.1) is 13.7 Å². The Bertz CT molecular complexity index is 448. The van der Waals surface area contributed by atoms with Crippen LogP contribution in [0, 0.1) is 5.92 Å². The van der Waals surface area contributed by atoms with Gasteiger partial charge < -0.3 is 9.84 Å². The zero-order valence-corrected chi connectivity index (χ0v) is 10.3. The molecule has 90 valence electrons. The summed E-state index contributed by atoms with van der Waals surface area (Å²) in [4.78, 5) is 0. The number of allylic oxidation sites excluding steroid dienone is 3. The fourth-order valence-corrected chi connectivity index (χ4v) is 2.43. The highest BCUT2D eigenvalue weighted by Crippen LogP contribution is 2.41. The van der Waals surface area contributed by atoms with Gasteiger partial charge in [-0.25, -0.2) is 0 Å². The standard InChI is InChI=1S/C15H18O2/c1-12-7-5-6-10-15(12,11-16)13-8-3-4-9-14(13)17-2/h3-10,12,16H,11H2,1-2H3. The molecule has 0 radical (unpaired) electrons. The molecule has 0 aromatic heterocycles. The lowest BCUT2D eigenvalue weighted by atomic mass is 9.69. The van der Waals surface area contributed by atoms with Crippen LogP contribution in [-0.2, 0) is 5.41 Å². The van der Waals surface area contributed by atoms with Crippen LogP contribution in [0.2, 0.25) is 0 Å². The van der Waals surface area contributed by atoms with E-state index in [2.05, 4.69) is 19.1 Å². The molecule has 2 unspecified atom stereocenters. The highest BCUT2D eigenvalue weighted by molar-refractivity contribution is 5.46. The van der Waals surface area contributed by atoms with Crippen LogP contribution in [-0.4, -0.2) is 18.8 Å². The minimum absolute atomic E-state index is 0.0788. The Morgan fingerprint density at radius 1 is 1.29 bits per heavy atom. The molecule has 0 bridgehead atoms. The summed E-state index contributed by atoms with van der Waals surface area (Å²) in [5, 5.41) is 9.84. The number of aliphatic hydroxyl groups excluding tert-OH is 1. The van der Waals surface area contributed by atoms with Gasteiger partial charge in [-0.05, 0) is 12.0 Å². The lowest BCUT2D eigenvalue weighted by Crippen LogP contribution is -2.36. The Hall–Kier alpha value is -1.54. The van der Waals surface area contributed by atoms with E-state index in [-0.39, 0.29) is 17.9 Å². The highest BCUT2D eigenvalue weighted by atomic mass is 16.5. The molecular formula is C15H18O2. The van der Waals surface area contributed by atoms with Crippen molar-refractivity contribution in [2.24, 2.45) is 5.92 Å². The normalized spacial score (nSPS) is 27.1. The van der Waals surface area contributed by atoms with Gasteiger partial charge in [0.25, 0.3) is 0 Å². The van der Waals surface area contributed by atoms with E-state index in [1.165, 1.54) is 0 Å². The predicted molar refractivity (Wildman–Crippen MR) is 69.2 cm³/mol. The van der Waals surface area contributed by atoms with E-state index in [4.69, 9.17) is 4.74 Å². The monoisotopic (exact) mass is 230 g/mol. The molecule has 2 nitrogen and oxygen atoms in total. The van der Waals surface area contributed by atoms with Gasteiger partial charge in [0.1, 0.15) is 5.75 Å². The molecular weight excluding hydrogens is 212 g/mol. The molecule has 0 fully saturated rings. The van der Waals surface area contributed by atoms with Crippen LogP contribution in [0.4, 0.5) is 0 Å². The zero-order chi connectivity index (χ0) is 12.3. The summed E-state index contributed by atoms with van der Waals surface area (Å²) in [6.07, 6.45) is 8.19. The van der Waals surface area contributed by atoms with Crippen molar-refractivity contribution < 1.29 is 9.84 Å². The van der Waals surface area contributed by atoms with E-state index < -0.39 is 0 Å². The first kappa shape index (κ1) is 11.9. The number of ether oxygens (including phenoxy) is 1. The third-order valence-electron chi connectivity index (χ3n) is 3.59. The molecule has 2 heteroatoms. The summed E-state index contributed by atoms with van der Waals surface area (Å²) in [5.74, 6) is 1.07. The van der Waals surface area contributed by atoms with Gasteiger partial charge >= 0.3 is 0 Å². The maximum absolute atomic E-state index is 9.84. The maximum atomic E-state index is 9.84. The summed E-state index contributed by atoms with van der Waals surface area (Å²) in [6.45, 7) is 2.19. The van der Waals surface area contributed by atoms with Crippen molar-refractivity contribution >= 4 is 0 Å². The molecule has 0 amide bonds. The van der Waals surface area contributed by atoms with Crippen LogP contribution in [0.15, 0.2) is 48.6 Å². The first-order valence-electron chi connectivity index (χ1n) is 5.85. The Morgan fingerprint density at radius 2 is 2.06 bits per heavy atom. The molecule has 0 saturated heterocycles. The van der Waals surface area contributed by atoms with Crippen molar-refractivity contribution in [2.45, 2.75) is 12.3 Å². The first-order valence-corrected chi connectivity index (χ1v) is 5.85. The van der Waals surface area contributed by atoms with E-state index in [0.717, 1.165) is 11.3 Å². The Balaban J connectivity index is 2.55. The largest absolute Gasteiger partial charge is 0.496 e. The van der Waals surface area contributed by atoms with Crippen molar-refractivity contribution in [1.82, 2.24) is 0 Å². The van der Waals surface area contributed by atoms with Crippen LogP contribution in [0.5, 0.6) is 5.75 Å². The second-order valence-corrected chi connectivity index (χ2v) is 4.43. The first-order chi connectivity index (χ1) is 8.24. The van der Waals surface area contributed by atoms with Crippen LogP contribution in [0.1, 0.15) is 12.5 Å². The Labute approximate surface area is 102 Å². The quantitative estimate of drug-likeness (QED) is 0.865. The van der Waals surface area contributed by atoms with Crippen molar-refractivity contribution in [3.63, 3.8) is 0 Å². The predicted octanol–water partition coefficient (Wildman–Crippen LogP) is 2.69. The van der Waals surface area contributed by atoms with Gasteiger partial charge in [0, 0.05) is 11.0 Å². The Kier molecular flexibility index (Phi) is 3.34. The number of aliphatic hydroxyl groups is 1. The molecule has 1 aromatic carbocycles. The smallest absolute Gasteiger partial charge is 0.123 e. The van der Waals surface area contributed by atoms with Gasteiger partial charge in [-0.15, -0.1) is 0 Å². The lowest BCUT2D eigenvalue weighted by Gasteiger charge is -2.36. The van der Waals surface area contributed by atoms with Gasteiger partial charge in [-0.2, -0.15) is 0 Å². The van der Waals surface area contributed by atoms with Gasteiger partial charge in [-0.3, -0.25) is 0 Å². The van der Waals surface area contributed by atoms with Crippen molar-refractivity contribution in [3.05, 3.63) is 54.1 Å². The lowest BCUT2D eigenvalue weighted by molar-refractivity contribution is 0.192. The molecule has 0 spiro atoms. The highest BCUT2D eigenvalue weighted by Gasteiger charge is 2.37. The molecule has 1 aliphatic carbocycles. The van der Waals surface area contributed by atoms with Crippen LogP contribution < -0.4 is 4.74 Å². The second kappa shape index (κ2) is 4.76. The molecule has 2 rings (SSSR count). The minimum atomic E-state index is -0.374. The van der Waals surface area contributed by atoms with Crippen molar-refractivity contribution in [3.8, 4) is 5.75 Å². The van der Waals surface area contributed by atoms with E-state index in [1.54, 1.807) is 7.11 Å². The summed E-state index contributed by atoms with van der Waals surface area (Å²) in [7, 11) is 1.66. The number of methoxy groups -OCH3 is 1.